The summed E-state index contributed by atoms with van der Waals surface area (Å²) in [6, 6.07) is 13.7. The average molecular weight is 483 g/mol. The highest BCUT2D eigenvalue weighted by Gasteiger charge is 2.33. The van der Waals surface area contributed by atoms with Gasteiger partial charge in [0.2, 0.25) is 0 Å². The van der Waals surface area contributed by atoms with E-state index in [0.717, 1.165) is 25.9 Å². The van der Waals surface area contributed by atoms with E-state index in [1.54, 1.807) is 6.07 Å². The van der Waals surface area contributed by atoms with Crippen LogP contribution in [0.5, 0.6) is 5.75 Å². The normalized spacial score (nSPS) is 17.9. The molecule has 0 spiro atoms. The number of ether oxygens (including phenoxy) is 1. The third kappa shape index (κ3) is 8.21. The van der Waals surface area contributed by atoms with Crippen LogP contribution in [-0.2, 0) is 10.2 Å². The Morgan fingerprint density at radius 3 is 2.31 bits per heavy atom. The molecule has 1 aliphatic rings. The summed E-state index contributed by atoms with van der Waals surface area (Å²) < 4.78 is 5.63. The van der Waals surface area contributed by atoms with Crippen LogP contribution in [0, 0.1) is 0 Å². The highest BCUT2D eigenvalue weighted by atomic mass is 16.5. The van der Waals surface area contributed by atoms with Gasteiger partial charge in [-0.05, 0) is 74.8 Å². The van der Waals surface area contributed by atoms with Gasteiger partial charge in [0.05, 0.1) is 5.56 Å². The van der Waals surface area contributed by atoms with Gasteiger partial charge in [-0.1, -0.05) is 45.7 Å². The summed E-state index contributed by atoms with van der Waals surface area (Å²) in [5, 5.41) is 10.9. The van der Waals surface area contributed by atoms with Crippen LogP contribution in [0.3, 0.4) is 0 Å². The fraction of sp³-hybridized carbons (Fsp3) is 0.464. The quantitative estimate of drug-likeness (QED) is 0.430. The van der Waals surface area contributed by atoms with Crippen molar-refractivity contribution in [2.75, 3.05) is 26.7 Å². The maximum Gasteiger partial charge on any atom is 0.343 e. The Bertz CT molecular complexity index is 989. The number of carboxylic acids is 1. The molecule has 1 fully saturated rings. The van der Waals surface area contributed by atoms with Gasteiger partial charge in [0.25, 0.3) is 5.91 Å². The zero-order valence-corrected chi connectivity index (χ0v) is 21.3. The second-order valence-electron chi connectivity index (χ2n) is 9.11. The predicted molar refractivity (Wildman–Crippen MR) is 137 cm³/mol. The molecule has 1 heterocycles. The minimum Gasteiger partial charge on any atom is -0.480 e. The molecule has 2 aromatic carbocycles. The van der Waals surface area contributed by atoms with Gasteiger partial charge in [0.15, 0.2) is 0 Å². The van der Waals surface area contributed by atoms with Crippen LogP contribution >= 0.6 is 0 Å². The highest BCUT2D eigenvalue weighted by Crippen LogP contribution is 2.37. The van der Waals surface area contributed by atoms with Crippen LogP contribution in [-0.4, -0.2) is 54.5 Å². The first-order valence-electron chi connectivity index (χ1n) is 12.4. The number of amides is 1. The average Bonchev–Trinajstić information content (AvgIpc) is 3.05. The molecule has 0 aromatic heterocycles. The molecule has 1 atom stereocenters. The fourth-order valence-corrected chi connectivity index (χ4v) is 4.32. The first-order valence-corrected chi connectivity index (χ1v) is 12.4. The van der Waals surface area contributed by atoms with Crippen molar-refractivity contribution in [2.45, 2.75) is 58.3 Å². The number of hydrogen-bond donors (Lipinski definition) is 2. The van der Waals surface area contributed by atoms with E-state index in [1.807, 2.05) is 12.1 Å². The Hall–Kier alpha value is -3.19. The summed E-state index contributed by atoms with van der Waals surface area (Å²) in [6.07, 6.45) is 5.74. The monoisotopic (exact) mass is 482 g/mol. The molecule has 2 aromatic rings. The Morgan fingerprint density at radius 2 is 1.69 bits per heavy atom. The van der Waals surface area contributed by atoms with Gasteiger partial charge in [0, 0.05) is 17.5 Å². The number of nitrogens with zero attached hydrogens (tertiary/aromatic N) is 1. The standard InChI is InChI=1S/C25H30N2O5.C3H8/c1-3-25(13-4-5-14-27(2)17-25)20-7-6-8-21(15-20)32-24(31)19-11-9-18(10-12-19)23(30)26-16-22(28)29;1-3-2/h6-12,15H,3-5,13-14,16-17H2,1-2H3,(H,26,30)(H,28,29);3H2,1-2H3. The third-order valence-corrected chi connectivity index (χ3v) is 6.13. The van der Waals surface area contributed by atoms with Gasteiger partial charge in [-0.2, -0.15) is 0 Å². The highest BCUT2D eigenvalue weighted by molar-refractivity contribution is 5.97. The van der Waals surface area contributed by atoms with E-state index >= 15 is 0 Å². The Labute approximate surface area is 208 Å². The van der Waals surface area contributed by atoms with Crippen molar-refractivity contribution in [3.05, 3.63) is 65.2 Å². The fourth-order valence-electron chi connectivity index (χ4n) is 4.32. The van der Waals surface area contributed by atoms with E-state index < -0.39 is 24.4 Å². The maximum absolute atomic E-state index is 12.6. The molecule has 3 rings (SSSR count). The predicted octanol–water partition coefficient (Wildman–Crippen LogP) is 4.90. The second kappa shape index (κ2) is 13.6. The molecule has 0 aliphatic carbocycles. The minimum absolute atomic E-state index is 0.0403. The number of likely N-dealkylation sites (N-methyl/N-ethyl adjacent to an activating group) is 1. The van der Waals surface area contributed by atoms with Crippen molar-refractivity contribution in [3.63, 3.8) is 0 Å². The SMILES string of the molecule is CCC.CCC1(c2cccc(OC(=O)c3ccc(C(=O)NCC(=O)O)cc3)c2)CCCCN(C)C1. The number of carbonyl (C=O) groups excluding carboxylic acids is 2. The van der Waals surface area contributed by atoms with Gasteiger partial charge in [-0.15, -0.1) is 0 Å². The number of aliphatic carboxylic acids is 1. The van der Waals surface area contributed by atoms with Crippen LogP contribution in [0.1, 0.15) is 79.2 Å². The minimum atomic E-state index is -1.12. The summed E-state index contributed by atoms with van der Waals surface area (Å²) in [7, 11) is 2.16. The van der Waals surface area contributed by atoms with Crippen LogP contribution in [0.25, 0.3) is 0 Å². The van der Waals surface area contributed by atoms with E-state index in [9.17, 15) is 14.4 Å². The molecule has 1 saturated heterocycles. The van der Waals surface area contributed by atoms with E-state index in [1.165, 1.54) is 49.1 Å². The van der Waals surface area contributed by atoms with Crippen LogP contribution in [0.2, 0.25) is 0 Å². The van der Waals surface area contributed by atoms with Crippen LogP contribution < -0.4 is 10.1 Å². The summed E-state index contributed by atoms with van der Waals surface area (Å²) in [5.74, 6) is -1.65. The number of esters is 1. The van der Waals surface area contributed by atoms with E-state index in [-0.39, 0.29) is 11.0 Å². The maximum atomic E-state index is 12.6. The van der Waals surface area contributed by atoms with Crippen molar-refractivity contribution >= 4 is 17.8 Å². The summed E-state index contributed by atoms with van der Waals surface area (Å²) in [5.41, 5.74) is 1.81. The lowest BCUT2D eigenvalue weighted by molar-refractivity contribution is -0.135. The van der Waals surface area contributed by atoms with E-state index in [0.29, 0.717) is 11.3 Å². The summed E-state index contributed by atoms with van der Waals surface area (Å²) in [6.45, 7) is 8.08. The number of nitrogens with one attached hydrogen (secondary N) is 1. The molecule has 2 N–H and O–H groups in total. The zero-order chi connectivity index (χ0) is 25.8. The molecule has 1 unspecified atom stereocenters. The van der Waals surface area contributed by atoms with Gasteiger partial charge >= 0.3 is 11.9 Å². The van der Waals surface area contributed by atoms with Crippen LogP contribution in [0.4, 0.5) is 0 Å². The molecule has 190 valence electrons. The summed E-state index contributed by atoms with van der Waals surface area (Å²) >= 11 is 0. The molecule has 1 aliphatic heterocycles. The molecule has 0 saturated carbocycles. The topological polar surface area (TPSA) is 95.9 Å². The molecule has 0 bridgehead atoms. The number of carbonyl (C=O) groups is 3. The largest absolute Gasteiger partial charge is 0.480 e. The lowest BCUT2D eigenvalue weighted by atomic mass is 9.74. The van der Waals surface area contributed by atoms with Crippen LogP contribution in [0.15, 0.2) is 48.5 Å². The smallest absolute Gasteiger partial charge is 0.343 e. The Balaban J connectivity index is 0.00000137. The second-order valence-corrected chi connectivity index (χ2v) is 9.11. The Kier molecular flexibility index (Phi) is 10.9. The van der Waals surface area contributed by atoms with Gasteiger partial charge < -0.3 is 20.1 Å². The van der Waals surface area contributed by atoms with Gasteiger partial charge in [-0.25, -0.2) is 4.79 Å². The molecule has 7 nitrogen and oxygen atoms in total. The van der Waals surface area contributed by atoms with E-state index in [2.05, 4.69) is 44.1 Å². The van der Waals surface area contributed by atoms with Gasteiger partial charge in [-0.3, -0.25) is 9.59 Å². The first-order chi connectivity index (χ1) is 16.7. The van der Waals surface area contributed by atoms with Crippen molar-refractivity contribution < 1.29 is 24.2 Å². The lowest BCUT2D eigenvalue weighted by Crippen LogP contribution is -2.37. The van der Waals surface area contributed by atoms with Crippen molar-refractivity contribution in [1.82, 2.24) is 10.2 Å². The van der Waals surface area contributed by atoms with Crippen molar-refractivity contribution in [1.29, 1.82) is 0 Å². The van der Waals surface area contributed by atoms with Gasteiger partial charge in [0.1, 0.15) is 12.3 Å². The number of hydrogen-bond acceptors (Lipinski definition) is 5. The summed E-state index contributed by atoms with van der Waals surface area (Å²) in [4.78, 5) is 37.5. The first kappa shape index (κ1) is 28.1. The van der Waals surface area contributed by atoms with Crippen molar-refractivity contribution in [2.24, 2.45) is 0 Å². The molecule has 1 amide bonds. The zero-order valence-electron chi connectivity index (χ0n) is 21.3. The Morgan fingerprint density at radius 1 is 1.03 bits per heavy atom. The number of likely N-dealkylation sites (tertiary alicyclic amines) is 1. The molecular weight excluding hydrogens is 444 g/mol. The number of carboxylic acid groups (broad SMARTS) is 1. The van der Waals surface area contributed by atoms with E-state index in [4.69, 9.17) is 9.84 Å². The molecule has 0 radical (unpaired) electrons. The van der Waals surface area contributed by atoms with Crippen molar-refractivity contribution in [3.8, 4) is 5.75 Å². The number of benzene rings is 2. The molecule has 7 heteroatoms. The number of rotatable bonds is 7. The molecule has 35 heavy (non-hydrogen) atoms. The third-order valence-electron chi connectivity index (χ3n) is 6.13. The lowest BCUT2D eigenvalue weighted by Gasteiger charge is -2.35. The molecular formula is C28H38N2O5.